The molecule has 1 fully saturated rings. The first-order valence-corrected chi connectivity index (χ1v) is 7.26. The van der Waals surface area contributed by atoms with E-state index in [4.69, 9.17) is 0 Å². The Morgan fingerprint density at radius 3 is 2.47 bits per heavy atom. The van der Waals surface area contributed by atoms with Gasteiger partial charge in [0, 0.05) is 6.42 Å². The molecular weight excluding hydrogens is 234 g/mol. The van der Waals surface area contributed by atoms with Gasteiger partial charge in [-0.2, -0.15) is 0 Å². The van der Waals surface area contributed by atoms with Crippen molar-refractivity contribution < 1.29 is 4.79 Å². The summed E-state index contributed by atoms with van der Waals surface area (Å²) in [5.74, 6) is 0.336. The zero-order valence-corrected chi connectivity index (χ0v) is 12.6. The van der Waals surface area contributed by atoms with E-state index >= 15 is 0 Å². The van der Waals surface area contributed by atoms with E-state index in [1.54, 1.807) is 0 Å². The Kier molecular flexibility index (Phi) is 4.10. The summed E-state index contributed by atoms with van der Waals surface area (Å²) in [5, 5.41) is 0. The highest BCUT2D eigenvalue weighted by Crippen LogP contribution is 2.24. The second kappa shape index (κ2) is 5.46. The van der Waals surface area contributed by atoms with Crippen LogP contribution in [0.4, 0.5) is 0 Å². The van der Waals surface area contributed by atoms with E-state index in [2.05, 4.69) is 50.8 Å². The topological polar surface area (TPSA) is 20.3 Å². The second-order valence-electron chi connectivity index (χ2n) is 6.28. The van der Waals surface area contributed by atoms with Crippen LogP contribution in [0.5, 0.6) is 0 Å². The predicted molar refractivity (Wildman–Crippen MR) is 79.5 cm³/mol. The molecule has 1 aliphatic heterocycles. The van der Waals surface area contributed by atoms with Crippen molar-refractivity contribution >= 4 is 5.78 Å². The molecule has 1 aromatic carbocycles. The number of nitrogens with zero attached hydrogens (tertiary/aromatic N) is 1. The van der Waals surface area contributed by atoms with E-state index in [-0.39, 0.29) is 5.54 Å². The second-order valence-corrected chi connectivity index (χ2v) is 6.28. The molecule has 1 saturated heterocycles. The molecule has 2 nitrogen and oxygen atoms in total. The van der Waals surface area contributed by atoms with Crippen molar-refractivity contribution in [1.29, 1.82) is 0 Å². The summed E-state index contributed by atoms with van der Waals surface area (Å²) in [6.07, 6.45) is 3.00. The summed E-state index contributed by atoms with van der Waals surface area (Å²) in [6, 6.07) is 6.36. The molecule has 0 aliphatic carbocycles. The van der Waals surface area contributed by atoms with Crippen LogP contribution < -0.4 is 0 Å². The Morgan fingerprint density at radius 2 is 1.84 bits per heavy atom. The van der Waals surface area contributed by atoms with E-state index in [0.717, 1.165) is 13.1 Å². The van der Waals surface area contributed by atoms with Gasteiger partial charge in [-0.15, -0.1) is 0 Å². The average molecular weight is 259 g/mol. The summed E-state index contributed by atoms with van der Waals surface area (Å²) in [5.41, 5.74) is 3.30. The van der Waals surface area contributed by atoms with Crippen LogP contribution in [0, 0.1) is 13.8 Å². The molecule has 2 rings (SSSR count). The van der Waals surface area contributed by atoms with Gasteiger partial charge in [0.2, 0.25) is 0 Å². The highest BCUT2D eigenvalue weighted by molar-refractivity contribution is 5.89. The molecule has 1 aromatic rings. The van der Waals surface area contributed by atoms with Crippen LogP contribution in [-0.2, 0) is 11.2 Å². The van der Waals surface area contributed by atoms with E-state index in [1.165, 1.54) is 29.5 Å². The number of carbonyl (C=O) groups is 1. The normalized spacial score (nSPS) is 16.8. The maximum Gasteiger partial charge on any atom is 0.156 e. The third-order valence-electron chi connectivity index (χ3n) is 4.43. The van der Waals surface area contributed by atoms with Crippen LogP contribution in [-0.4, -0.2) is 29.3 Å². The SMILES string of the molecule is Cc1ccc(C)c(CC(=O)C(C)(C)N2CCCC2)c1. The standard InChI is InChI=1S/C17H25NO/c1-13-7-8-14(2)15(11-13)12-16(19)17(3,4)18-9-5-6-10-18/h7-8,11H,5-6,9-10,12H2,1-4H3. The molecule has 2 heteroatoms. The Morgan fingerprint density at radius 1 is 1.21 bits per heavy atom. The van der Waals surface area contributed by atoms with Gasteiger partial charge in [-0.25, -0.2) is 0 Å². The first-order valence-electron chi connectivity index (χ1n) is 7.26. The molecule has 0 amide bonds. The lowest BCUT2D eigenvalue weighted by molar-refractivity contribution is -0.128. The summed E-state index contributed by atoms with van der Waals surface area (Å²) in [6.45, 7) is 10.4. The van der Waals surface area contributed by atoms with Gasteiger partial charge in [0.05, 0.1) is 5.54 Å². The van der Waals surface area contributed by atoms with Crippen LogP contribution in [0.2, 0.25) is 0 Å². The summed E-state index contributed by atoms with van der Waals surface area (Å²) < 4.78 is 0. The third kappa shape index (κ3) is 3.06. The van der Waals surface area contributed by atoms with E-state index in [9.17, 15) is 4.79 Å². The number of aryl methyl sites for hydroxylation is 2. The number of ketones is 1. The van der Waals surface area contributed by atoms with Gasteiger partial charge < -0.3 is 0 Å². The van der Waals surface area contributed by atoms with Crippen molar-refractivity contribution in [3.63, 3.8) is 0 Å². The first kappa shape index (κ1) is 14.3. The molecule has 0 radical (unpaired) electrons. The number of benzene rings is 1. The average Bonchev–Trinajstić information content (AvgIpc) is 2.88. The van der Waals surface area contributed by atoms with Gasteiger partial charge in [-0.05, 0) is 64.8 Å². The molecule has 19 heavy (non-hydrogen) atoms. The number of carbonyl (C=O) groups excluding carboxylic acids is 1. The van der Waals surface area contributed by atoms with Crippen molar-refractivity contribution in [3.05, 3.63) is 34.9 Å². The highest BCUT2D eigenvalue weighted by Gasteiger charge is 2.35. The predicted octanol–water partition coefficient (Wildman–Crippen LogP) is 3.29. The molecule has 0 unspecified atom stereocenters. The Labute approximate surface area is 116 Å². The fourth-order valence-electron chi connectivity index (χ4n) is 2.83. The number of hydrogen-bond donors (Lipinski definition) is 0. The van der Waals surface area contributed by atoms with Gasteiger partial charge in [-0.1, -0.05) is 23.8 Å². The number of rotatable bonds is 4. The third-order valence-corrected chi connectivity index (χ3v) is 4.43. The molecule has 1 heterocycles. The van der Waals surface area contributed by atoms with Crippen LogP contribution in [0.3, 0.4) is 0 Å². The first-order chi connectivity index (χ1) is 8.91. The molecule has 0 saturated carbocycles. The Bertz CT molecular complexity index is 470. The minimum absolute atomic E-state index is 0.327. The molecule has 0 atom stereocenters. The number of Topliss-reactive ketones (excluding diaryl/α,β-unsaturated/α-hetero) is 1. The zero-order valence-electron chi connectivity index (χ0n) is 12.6. The molecule has 104 valence electrons. The molecule has 0 aromatic heterocycles. The largest absolute Gasteiger partial charge is 0.297 e. The maximum atomic E-state index is 12.6. The number of likely N-dealkylation sites (tertiary alicyclic amines) is 1. The maximum absolute atomic E-state index is 12.6. The van der Waals surface area contributed by atoms with Crippen molar-refractivity contribution in [2.45, 2.75) is 52.5 Å². The molecular formula is C17H25NO. The quantitative estimate of drug-likeness (QED) is 0.827. The lowest BCUT2D eigenvalue weighted by Crippen LogP contribution is -2.49. The fraction of sp³-hybridized carbons (Fsp3) is 0.588. The summed E-state index contributed by atoms with van der Waals surface area (Å²) in [7, 11) is 0. The molecule has 0 N–H and O–H groups in total. The monoisotopic (exact) mass is 259 g/mol. The van der Waals surface area contributed by atoms with Gasteiger partial charge in [0.25, 0.3) is 0 Å². The fourth-order valence-corrected chi connectivity index (χ4v) is 2.83. The van der Waals surface area contributed by atoms with Crippen LogP contribution in [0.1, 0.15) is 43.4 Å². The van der Waals surface area contributed by atoms with Gasteiger partial charge in [-0.3, -0.25) is 9.69 Å². The van der Waals surface area contributed by atoms with E-state index < -0.39 is 0 Å². The zero-order chi connectivity index (χ0) is 14.0. The van der Waals surface area contributed by atoms with Crippen molar-refractivity contribution in [2.24, 2.45) is 0 Å². The van der Waals surface area contributed by atoms with Crippen molar-refractivity contribution in [2.75, 3.05) is 13.1 Å². The van der Waals surface area contributed by atoms with Gasteiger partial charge in [0.1, 0.15) is 0 Å². The van der Waals surface area contributed by atoms with Crippen LogP contribution >= 0.6 is 0 Å². The molecule has 0 bridgehead atoms. The van der Waals surface area contributed by atoms with E-state index in [1.807, 2.05) is 0 Å². The van der Waals surface area contributed by atoms with Crippen molar-refractivity contribution in [3.8, 4) is 0 Å². The van der Waals surface area contributed by atoms with Crippen LogP contribution in [0.25, 0.3) is 0 Å². The lowest BCUT2D eigenvalue weighted by Gasteiger charge is -2.34. The van der Waals surface area contributed by atoms with Gasteiger partial charge in [0.15, 0.2) is 5.78 Å². The number of hydrogen-bond acceptors (Lipinski definition) is 2. The molecule has 0 spiro atoms. The smallest absolute Gasteiger partial charge is 0.156 e. The summed E-state index contributed by atoms with van der Waals surface area (Å²) >= 11 is 0. The summed E-state index contributed by atoms with van der Waals surface area (Å²) in [4.78, 5) is 15.0. The molecule has 1 aliphatic rings. The Hall–Kier alpha value is -1.15. The van der Waals surface area contributed by atoms with Gasteiger partial charge >= 0.3 is 0 Å². The van der Waals surface area contributed by atoms with Crippen molar-refractivity contribution in [1.82, 2.24) is 4.90 Å². The Balaban J connectivity index is 2.13. The highest BCUT2D eigenvalue weighted by atomic mass is 16.1. The van der Waals surface area contributed by atoms with Crippen LogP contribution in [0.15, 0.2) is 18.2 Å². The van der Waals surface area contributed by atoms with E-state index in [0.29, 0.717) is 12.2 Å². The minimum Gasteiger partial charge on any atom is -0.297 e. The lowest BCUT2D eigenvalue weighted by atomic mass is 9.90. The minimum atomic E-state index is -0.327.